The summed E-state index contributed by atoms with van der Waals surface area (Å²) in [6.07, 6.45) is 3.33. The highest BCUT2D eigenvalue weighted by Gasteiger charge is 2.28. The molecule has 1 amide bonds. The number of nitrogens with one attached hydrogen (secondary N) is 1. The van der Waals surface area contributed by atoms with E-state index in [0.717, 1.165) is 43.3 Å². The van der Waals surface area contributed by atoms with Crippen molar-refractivity contribution in [1.82, 2.24) is 9.97 Å². The lowest BCUT2D eigenvalue weighted by Gasteiger charge is -2.27. The summed E-state index contributed by atoms with van der Waals surface area (Å²) in [6.45, 7) is 7.22. The molecule has 6 heteroatoms. The number of carbonyl (C=O) groups is 1. The predicted molar refractivity (Wildman–Crippen MR) is 84.5 cm³/mol. The fourth-order valence-corrected chi connectivity index (χ4v) is 2.16. The van der Waals surface area contributed by atoms with Crippen molar-refractivity contribution in [2.45, 2.75) is 52.0 Å². The van der Waals surface area contributed by atoms with Crippen LogP contribution in [0.1, 0.15) is 51.8 Å². The quantitative estimate of drug-likeness (QED) is 0.764. The molecule has 1 saturated carbocycles. The number of rotatable bonds is 8. The Labute approximate surface area is 126 Å². The zero-order chi connectivity index (χ0) is 15.4. The third-order valence-corrected chi connectivity index (χ3v) is 3.47. The Morgan fingerprint density at radius 2 is 2.19 bits per heavy atom. The van der Waals surface area contributed by atoms with Gasteiger partial charge in [-0.25, -0.2) is 9.97 Å². The lowest BCUT2D eigenvalue weighted by molar-refractivity contribution is -0.116. The number of hydrogen-bond donors (Lipinski definition) is 2. The Kier molecular flexibility index (Phi) is 4.98. The molecule has 0 saturated heterocycles. The van der Waals surface area contributed by atoms with Gasteiger partial charge in [-0.3, -0.25) is 4.79 Å². The normalized spacial score (nSPS) is 14.3. The van der Waals surface area contributed by atoms with Gasteiger partial charge in [0.1, 0.15) is 17.5 Å². The third-order valence-electron chi connectivity index (χ3n) is 3.47. The summed E-state index contributed by atoms with van der Waals surface area (Å²) < 4.78 is 0. The van der Waals surface area contributed by atoms with Crippen molar-refractivity contribution < 1.29 is 4.79 Å². The van der Waals surface area contributed by atoms with Crippen molar-refractivity contribution in [3.63, 3.8) is 0 Å². The summed E-state index contributed by atoms with van der Waals surface area (Å²) in [4.78, 5) is 22.5. The maximum atomic E-state index is 11.3. The van der Waals surface area contributed by atoms with Crippen LogP contribution in [0.3, 0.4) is 0 Å². The number of primary amides is 1. The molecule has 0 radical (unpaired) electrons. The summed E-state index contributed by atoms with van der Waals surface area (Å²) in [5.74, 6) is 2.60. The topological polar surface area (TPSA) is 84.1 Å². The number of nitrogens with zero attached hydrogens (tertiary/aromatic N) is 3. The fraction of sp³-hybridized carbons (Fsp3) is 0.667. The number of amides is 1. The number of aromatic nitrogens is 2. The molecule has 1 heterocycles. The molecule has 1 aliphatic carbocycles. The first-order chi connectivity index (χ1) is 10.0. The molecular formula is C15H25N5O. The van der Waals surface area contributed by atoms with Gasteiger partial charge < -0.3 is 16.0 Å². The van der Waals surface area contributed by atoms with E-state index in [2.05, 4.69) is 22.2 Å². The standard InChI is InChI=1S/C15H25N5O/c1-4-7-17-13-8-14(19-15(18-13)11-5-6-11)20(10(2)3)9-12(16)21/h8,10-11H,4-7,9H2,1-3H3,(H2,16,21)(H,17,18,19). The molecule has 0 aromatic carbocycles. The van der Waals surface area contributed by atoms with E-state index in [1.165, 1.54) is 0 Å². The number of hydrogen-bond acceptors (Lipinski definition) is 5. The Morgan fingerprint density at radius 1 is 1.48 bits per heavy atom. The molecule has 21 heavy (non-hydrogen) atoms. The summed E-state index contributed by atoms with van der Waals surface area (Å²) in [6, 6.07) is 2.06. The minimum absolute atomic E-state index is 0.151. The van der Waals surface area contributed by atoms with Gasteiger partial charge in [-0.15, -0.1) is 0 Å². The maximum Gasteiger partial charge on any atom is 0.237 e. The lowest BCUT2D eigenvalue weighted by atomic mass is 10.3. The molecule has 1 aliphatic rings. The third kappa shape index (κ3) is 4.31. The molecular weight excluding hydrogens is 266 g/mol. The number of nitrogens with two attached hydrogens (primary N) is 1. The summed E-state index contributed by atoms with van der Waals surface area (Å²) in [5.41, 5.74) is 5.36. The van der Waals surface area contributed by atoms with E-state index in [0.29, 0.717) is 5.92 Å². The van der Waals surface area contributed by atoms with E-state index >= 15 is 0 Å². The van der Waals surface area contributed by atoms with Crippen LogP contribution in [0.25, 0.3) is 0 Å². The van der Waals surface area contributed by atoms with Gasteiger partial charge in [-0.1, -0.05) is 6.92 Å². The SMILES string of the molecule is CCCNc1cc(N(CC(N)=O)C(C)C)nc(C2CC2)n1. The van der Waals surface area contributed by atoms with Crippen LogP contribution in [0.15, 0.2) is 6.07 Å². The smallest absolute Gasteiger partial charge is 0.237 e. The lowest BCUT2D eigenvalue weighted by Crippen LogP contribution is -2.39. The van der Waals surface area contributed by atoms with Gasteiger partial charge in [0.15, 0.2) is 0 Å². The van der Waals surface area contributed by atoms with Crippen molar-refractivity contribution >= 4 is 17.5 Å². The van der Waals surface area contributed by atoms with Crippen molar-refractivity contribution in [2.75, 3.05) is 23.3 Å². The molecule has 0 atom stereocenters. The molecule has 2 rings (SSSR count). The first-order valence-corrected chi connectivity index (χ1v) is 7.69. The highest BCUT2D eigenvalue weighted by Crippen LogP contribution is 2.39. The van der Waals surface area contributed by atoms with Gasteiger partial charge in [0.25, 0.3) is 0 Å². The van der Waals surface area contributed by atoms with Crippen LogP contribution >= 0.6 is 0 Å². The molecule has 116 valence electrons. The second kappa shape index (κ2) is 6.74. The first kappa shape index (κ1) is 15.5. The Morgan fingerprint density at radius 3 is 2.71 bits per heavy atom. The second-order valence-corrected chi connectivity index (χ2v) is 5.86. The van der Waals surface area contributed by atoms with E-state index in [1.54, 1.807) is 0 Å². The predicted octanol–water partition coefficient (Wildman–Crippen LogP) is 1.88. The summed E-state index contributed by atoms with van der Waals surface area (Å²) in [5, 5.41) is 3.31. The molecule has 0 unspecified atom stereocenters. The van der Waals surface area contributed by atoms with Crippen LogP contribution in [-0.2, 0) is 4.79 Å². The maximum absolute atomic E-state index is 11.3. The van der Waals surface area contributed by atoms with Crippen molar-refractivity contribution in [2.24, 2.45) is 5.73 Å². The minimum atomic E-state index is -0.349. The van der Waals surface area contributed by atoms with Crippen LogP contribution in [0.4, 0.5) is 11.6 Å². The number of carbonyl (C=O) groups excluding carboxylic acids is 1. The highest BCUT2D eigenvalue weighted by atomic mass is 16.1. The monoisotopic (exact) mass is 291 g/mol. The van der Waals surface area contributed by atoms with Crippen LogP contribution in [0, 0.1) is 0 Å². The summed E-state index contributed by atoms with van der Waals surface area (Å²) in [7, 11) is 0. The Hall–Kier alpha value is -1.85. The Bertz CT molecular complexity index is 499. The molecule has 6 nitrogen and oxygen atoms in total. The van der Waals surface area contributed by atoms with Gasteiger partial charge in [0, 0.05) is 24.6 Å². The molecule has 0 aliphatic heterocycles. The molecule has 0 spiro atoms. The van der Waals surface area contributed by atoms with Gasteiger partial charge in [-0.2, -0.15) is 0 Å². The van der Waals surface area contributed by atoms with Gasteiger partial charge in [-0.05, 0) is 33.1 Å². The van der Waals surface area contributed by atoms with Crippen LogP contribution in [0.5, 0.6) is 0 Å². The van der Waals surface area contributed by atoms with Gasteiger partial charge in [0.05, 0.1) is 6.54 Å². The van der Waals surface area contributed by atoms with Crippen molar-refractivity contribution in [1.29, 1.82) is 0 Å². The van der Waals surface area contributed by atoms with E-state index < -0.39 is 0 Å². The van der Waals surface area contributed by atoms with E-state index in [4.69, 9.17) is 5.73 Å². The average molecular weight is 291 g/mol. The summed E-state index contributed by atoms with van der Waals surface area (Å²) >= 11 is 0. The van der Waals surface area contributed by atoms with Crippen molar-refractivity contribution in [3.05, 3.63) is 11.9 Å². The highest BCUT2D eigenvalue weighted by molar-refractivity contribution is 5.79. The minimum Gasteiger partial charge on any atom is -0.370 e. The van der Waals surface area contributed by atoms with Crippen LogP contribution in [0.2, 0.25) is 0 Å². The zero-order valence-corrected chi connectivity index (χ0v) is 13.1. The van der Waals surface area contributed by atoms with Crippen LogP contribution < -0.4 is 16.0 Å². The molecule has 1 aromatic heterocycles. The van der Waals surface area contributed by atoms with Crippen LogP contribution in [-0.4, -0.2) is 35.0 Å². The number of anilines is 2. The first-order valence-electron chi connectivity index (χ1n) is 7.69. The molecule has 0 bridgehead atoms. The van der Waals surface area contributed by atoms with E-state index in [9.17, 15) is 4.79 Å². The van der Waals surface area contributed by atoms with Crippen molar-refractivity contribution in [3.8, 4) is 0 Å². The van der Waals surface area contributed by atoms with E-state index in [-0.39, 0.29) is 18.5 Å². The van der Waals surface area contributed by atoms with E-state index in [1.807, 2.05) is 24.8 Å². The molecule has 3 N–H and O–H groups in total. The zero-order valence-electron chi connectivity index (χ0n) is 13.1. The largest absolute Gasteiger partial charge is 0.370 e. The van der Waals surface area contributed by atoms with Gasteiger partial charge >= 0.3 is 0 Å². The fourth-order valence-electron chi connectivity index (χ4n) is 2.16. The molecule has 1 aromatic rings. The average Bonchev–Trinajstić information content (AvgIpc) is 3.26. The second-order valence-electron chi connectivity index (χ2n) is 5.86. The van der Waals surface area contributed by atoms with Gasteiger partial charge in [0.2, 0.25) is 5.91 Å². The molecule has 1 fully saturated rings. The Balaban J connectivity index is 2.30.